The fourth-order valence-corrected chi connectivity index (χ4v) is 1.97. The predicted molar refractivity (Wildman–Crippen MR) is 76.9 cm³/mol. The highest BCUT2D eigenvalue weighted by Crippen LogP contribution is 2.20. The number of amides is 1. The van der Waals surface area contributed by atoms with Gasteiger partial charge in [-0.25, -0.2) is 0 Å². The van der Waals surface area contributed by atoms with Gasteiger partial charge in [0.2, 0.25) is 5.91 Å². The largest absolute Gasteiger partial charge is 0.356 e. The Hall–Kier alpha value is -1.62. The lowest BCUT2D eigenvalue weighted by Gasteiger charge is -1.99. The molecule has 100 valence electrons. The number of carbonyl (C=O) groups is 1. The zero-order chi connectivity index (χ0) is 13.7. The number of nitrogens with one attached hydrogen (secondary N) is 1. The number of alkyl halides is 1. The molecule has 0 saturated carbocycles. The van der Waals surface area contributed by atoms with Gasteiger partial charge in [-0.3, -0.25) is 4.79 Å². The topological polar surface area (TPSA) is 55.1 Å². The third kappa shape index (κ3) is 3.92. The summed E-state index contributed by atoms with van der Waals surface area (Å²) in [5.41, 5.74) is 2.90. The summed E-state index contributed by atoms with van der Waals surface area (Å²) in [6.45, 7) is 2.43. The van der Waals surface area contributed by atoms with E-state index in [0.717, 1.165) is 11.3 Å². The van der Waals surface area contributed by atoms with E-state index in [1.54, 1.807) is 0 Å². The molecule has 0 atom stereocenters. The highest BCUT2D eigenvalue weighted by molar-refractivity contribution is 9.09. The van der Waals surface area contributed by atoms with E-state index in [9.17, 15) is 4.79 Å². The second-order valence-electron chi connectivity index (χ2n) is 4.26. The molecule has 4 nitrogen and oxygen atoms in total. The van der Waals surface area contributed by atoms with Crippen LogP contribution in [0.1, 0.15) is 17.7 Å². The number of aryl methyl sites for hydroxylation is 1. The summed E-state index contributed by atoms with van der Waals surface area (Å²) in [7, 11) is 0. The summed E-state index contributed by atoms with van der Waals surface area (Å²) in [6, 6.07) is 9.87. The smallest absolute Gasteiger partial charge is 0.221 e. The van der Waals surface area contributed by atoms with E-state index in [0.29, 0.717) is 24.1 Å². The molecule has 0 bridgehead atoms. The van der Waals surface area contributed by atoms with Gasteiger partial charge in [0, 0.05) is 23.4 Å². The molecule has 0 spiro atoms. The van der Waals surface area contributed by atoms with Gasteiger partial charge in [0.15, 0.2) is 5.76 Å². The van der Waals surface area contributed by atoms with Gasteiger partial charge in [-0.1, -0.05) is 50.9 Å². The van der Waals surface area contributed by atoms with Crippen molar-refractivity contribution in [3.05, 3.63) is 41.6 Å². The number of aromatic nitrogens is 1. The third-order valence-electron chi connectivity index (χ3n) is 2.68. The average Bonchev–Trinajstić information content (AvgIpc) is 2.86. The molecule has 0 radical (unpaired) electrons. The Morgan fingerprint density at radius 1 is 1.37 bits per heavy atom. The van der Waals surface area contributed by atoms with Crippen molar-refractivity contribution in [1.82, 2.24) is 10.5 Å². The fourth-order valence-electron chi connectivity index (χ4n) is 1.61. The van der Waals surface area contributed by atoms with Gasteiger partial charge in [0.05, 0.1) is 6.54 Å². The van der Waals surface area contributed by atoms with Crippen LogP contribution in [0, 0.1) is 6.92 Å². The Bertz CT molecular complexity index is 549. The number of halogens is 1. The lowest BCUT2D eigenvalue weighted by atomic mass is 10.1. The molecule has 0 aliphatic rings. The van der Waals surface area contributed by atoms with Crippen LogP contribution >= 0.6 is 15.9 Å². The number of hydrogen-bond donors (Lipinski definition) is 1. The average molecular weight is 323 g/mol. The Kier molecular flexibility index (Phi) is 4.74. The van der Waals surface area contributed by atoms with Crippen molar-refractivity contribution in [3.63, 3.8) is 0 Å². The summed E-state index contributed by atoms with van der Waals surface area (Å²) in [4.78, 5) is 11.3. The van der Waals surface area contributed by atoms with Gasteiger partial charge >= 0.3 is 0 Å². The van der Waals surface area contributed by atoms with Gasteiger partial charge in [-0.2, -0.15) is 0 Å². The first kappa shape index (κ1) is 13.8. The maximum absolute atomic E-state index is 11.3. The Balaban J connectivity index is 1.99. The predicted octanol–water partition coefficient (Wildman–Crippen LogP) is 3.05. The highest BCUT2D eigenvalue weighted by atomic mass is 79.9. The molecule has 1 amide bonds. The zero-order valence-corrected chi connectivity index (χ0v) is 12.2. The van der Waals surface area contributed by atoms with E-state index >= 15 is 0 Å². The van der Waals surface area contributed by atoms with Crippen molar-refractivity contribution in [1.29, 1.82) is 0 Å². The molecule has 2 rings (SSSR count). The molecular weight excluding hydrogens is 308 g/mol. The monoisotopic (exact) mass is 322 g/mol. The van der Waals surface area contributed by atoms with Gasteiger partial charge in [0.1, 0.15) is 5.69 Å². The molecule has 0 fully saturated rings. The van der Waals surface area contributed by atoms with Crippen LogP contribution in [0.15, 0.2) is 34.9 Å². The maximum Gasteiger partial charge on any atom is 0.221 e. The molecular formula is C14H15BrN2O2. The SMILES string of the molecule is Cc1ccc(-c2cc(CNC(=O)CCBr)no2)cc1. The first-order chi connectivity index (χ1) is 9.19. The minimum atomic E-state index is -0.00300. The zero-order valence-electron chi connectivity index (χ0n) is 10.6. The molecule has 1 aromatic heterocycles. The molecule has 1 N–H and O–H groups in total. The molecule has 0 unspecified atom stereocenters. The van der Waals surface area contributed by atoms with Crippen molar-refractivity contribution in [2.75, 3.05) is 5.33 Å². The van der Waals surface area contributed by atoms with Crippen molar-refractivity contribution in [2.45, 2.75) is 19.9 Å². The molecule has 5 heteroatoms. The van der Waals surface area contributed by atoms with E-state index in [2.05, 4.69) is 26.4 Å². The van der Waals surface area contributed by atoms with E-state index in [4.69, 9.17) is 4.52 Å². The number of rotatable bonds is 5. The third-order valence-corrected chi connectivity index (χ3v) is 3.08. The lowest BCUT2D eigenvalue weighted by Crippen LogP contribution is -2.22. The Morgan fingerprint density at radius 3 is 2.79 bits per heavy atom. The number of carbonyl (C=O) groups excluding carboxylic acids is 1. The summed E-state index contributed by atoms with van der Waals surface area (Å²) in [6.07, 6.45) is 0.461. The van der Waals surface area contributed by atoms with Gasteiger partial charge < -0.3 is 9.84 Å². The van der Waals surface area contributed by atoms with E-state index in [-0.39, 0.29) is 5.91 Å². The number of hydrogen-bond acceptors (Lipinski definition) is 3. The first-order valence-corrected chi connectivity index (χ1v) is 7.16. The minimum Gasteiger partial charge on any atom is -0.356 e. The van der Waals surface area contributed by atoms with Gasteiger partial charge in [-0.05, 0) is 6.92 Å². The van der Waals surface area contributed by atoms with Crippen molar-refractivity contribution >= 4 is 21.8 Å². The minimum absolute atomic E-state index is 0.00300. The summed E-state index contributed by atoms with van der Waals surface area (Å²) in [5, 5.41) is 7.39. The van der Waals surface area contributed by atoms with Crippen LogP contribution in [0.4, 0.5) is 0 Å². The molecule has 0 aliphatic heterocycles. The van der Waals surface area contributed by atoms with Crippen LogP contribution in [0.25, 0.3) is 11.3 Å². The Labute approximate surface area is 120 Å². The lowest BCUT2D eigenvalue weighted by molar-refractivity contribution is -0.120. The molecule has 0 aliphatic carbocycles. The van der Waals surface area contributed by atoms with Crippen LogP contribution in [0.3, 0.4) is 0 Å². The second kappa shape index (κ2) is 6.52. The summed E-state index contributed by atoms with van der Waals surface area (Å²) >= 11 is 3.22. The molecule has 0 saturated heterocycles. The van der Waals surface area contributed by atoms with E-state index in [1.165, 1.54) is 5.56 Å². The summed E-state index contributed by atoms with van der Waals surface area (Å²) in [5.74, 6) is 0.710. The van der Waals surface area contributed by atoms with Gasteiger partial charge in [0.25, 0.3) is 0 Å². The molecule has 19 heavy (non-hydrogen) atoms. The van der Waals surface area contributed by atoms with E-state index < -0.39 is 0 Å². The normalized spacial score (nSPS) is 10.4. The summed E-state index contributed by atoms with van der Waals surface area (Å²) < 4.78 is 5.27. The van der Waals surface area contributed by atoms with Crippen molar-refractivity contribution in [2.24, 2.45) is 0 Å². The second-order valence-corrected chi connectivity index (χ2v) is 5.06. The van der Waals surface area contributed by atoms with Gasteiger partial charge in [-0.15, -0.1) is 0 Å². The number of nitrogens with zero attached hydrogens (tertiary/aromatic N) is 1. The fraction of sp³-hybridized carbons (Fsp3) is 0.286. The van der Waals surface area contributed by atoms with E-state index in [1.807, 2.05) is 37.3 Å². The highest BCUT2D eigenvalue weighted by Gasteiger charge is 2.07. The van der Waals surface area contributed by atoms with Crippen LogP contribution in [-0.4, -0.2) is 16.4 Å². The molecule has 1 heterocycles. The first-order valence-electron chi connectivity index (χ1n) is 6.04. The van der Waals surface area contributed by atoms with Crippen LogP contribution in [-0.2, 0) is 11.3 Å². The standard InChI is InChI=1S/C14H15BrN2O2/c1-10-2-4-11(5-3-10)13-8-12(17-19-13)9-16-14(18)6-7-15/h2-5,8H,6-7,9H2,1H3,(H,16,18). The van der Waals surface area contributed by atoms with Crippen molar-refractivity contribution in [3.8, 4) is 11.3 Å². The molecule has 1 aromatic carbocycles. The molecule has 2 aromatic rings. The number of benzene rings is 1. The van der Waals surface area contributed by atoms with Crippen LogP contribution in [0.5, 0.6) is 0 Å². The quantitative estimate of drug-likeness (QED) is 0.861. The van der Waals surface area contributed by atoms with Crippen molar-refractivity contribution < 1.29 is 9.32 Å². The maximum atomic E-state index is 11.3. The van der Waals surface area contributed by atoms with Crippen LogP contribution < -0.4 is 5.32 Å². The Morgan fingerprint density at radius 2 is 2.11 bits per heavy atom. The van der Waals surface area contributed by atoms with Crippen LogP contribution in [0.2, 0.25) is 0 Å².